The van der Waals surface area contributed by atoms with Gasteiger partial charge < -0.3 is 15.4 Å². The molecule has 26 heavy (non-hydrogen) atoms. The summed E-state index contributed by atoms with van der Waals surface area (Å²) >= 11 is 0. The molecule has 0 atom stereocenters. The van der Waals surface area contributed by atoms with Gasteiger partial charge in [0.25, 0.3) is 5.91 Å². The molecule has 2 aromatic heterocycles. The highest BCUT2D eigenvalue weighted by atomic mass is 16.5. The molecule has 0 spiro atoms. The van der Waals surface area contributed by atoms with E-state index in [1.807, 2.05) is 19.1 Å². The second kappa shape index (κ2) is 8.57. The van der Waals surface area contributed by atoms with Gasteiger partial charge in [0.1, 0.15) is 17.3 Å². The van der Waals surface area contributed by atoms with Crippen molar-refractivity contribution in [3.05, 3.63) is 72.4 Å². The number of pyridine rings is 1. The van der Waals surface area contributed by atoms with Gasteiger partial charge in [0, 0.05) is 24.6 Å². The Hall–Kier alpha value is -3.48. The smallest absolute Gasteiger partial charge is 0.275 e. The number of anilines is 2. The molecule has 0 bridgehead atoms. The average molecular weight is 349 g/mol. The van der Waals surface area contributed by atoms with E-state index in [2.05, 4.69) is 25.6 Å². The third-order valence-corrected chi connectivity index (χ3v) is 3.53. The lowest BCUT2D eigenvalue weighted by atomic mass is 10.3. The van der Waals surface area contributed by atoms with Crippen LogP contribution in [0.3, 0.4) is 0 Å². The second-order valence-corrected chi connectivity index (χ2v) is 5.41. The number of amides is 1. The number of hydrogen-bond acceptors (Lipinski definition) is 6. The maximum absolute atomic E-state index is 12.2. The fourth-order valence-electron chi connectivity index (χ4n) is 2.23. The largest absolute Gasteiger partial charge is 0.494 e. The van der Waals surface area contributed by atoms with Gasteiger partial charge in [-0.15, -0.1) is 0 Å². The Kier molecular flexibility index (Phi) is 5.72. The van der Waals surface area contributed by atoms with Crippen LogP contribution in [0.25, 0.3) is 0 Å². The Morgan fingerprint density at radius 1 is 1.04 bits per heavy atom. The lowest BCUT2D eigenvalue weighted by Crippen LogP contribution is -2.14. The highest BCUT2D eigenvalue weighted by molar-refractivity contribution is 6.02. The molecule has 3 aromatic rings. The first-order valence-electron chi connectivity index (χ1n) is 8.23. The molecule has 2 N–H and O–H groups in total. The van der Waals surface area contributed by atoms with E-state index in [0.717, 1.165) is 11.3 Å². The molecule has 0 aliphatic heterocycles. The van der Waals surface area contributed by atoms with Gasteiger partial charge in [-0.1, -0.05) is 0 Å². The van der Waals surface area contributed by atoms with Gasteiger partial charge >= 0.3 is 0 Å². The van der Waals surface area contributed by atoms with Crippen molar-refractivity contribution in [3.63, 3.8) is 0 Å². The second-order valence-electron chi connectivity index (χ2n) is 5.41. The summed E-state index contributed by atoms with van der Waals surface area (Å²) < 4.78 is 5.37. The standard InChI is InChI=1S/C19H19N5O2/c1-2-26-16-5-3-15(4-6-16)24-19(25)17-12-23-18(13-21-17)22-11-14-7-9-20-10-8-14/h3-10,12-13H,2,11H2,1H3,(H,22,23)(H,24,25). The quantitative estimate of drug-likeness (QED) is 0.681. The number of hydrogen-bond donors (Lipinski definition) is 2. The van der Waals surface area contributed by atoms with Crippen molar-refractivity contribution in [2.45, 2.75) is 13.5 Å². The first-order chi connectivity index (χ1) is 12.7. The molecule has 1 aromatic carbocycles. The maximum atomic E-state index is 12.2. The van der Waals surface area contributed by atoms with Gasteiger partial charge in [0.2, 0.25) is 0 Å². The van der Waals surface area contributed by atoms with Crippen molar-refractivity contribution in [2.75, 3.05) is 17.2 Å². The normalized spacial score (nSPS) is 10.2. The Balaban J connectivity index is 1.56. The van der Waals surface area contributed by atoms with Crippen LogP contribution in [0.4, 0.5) is 11.5 Å². The van der Waals surface area contributed by atoms with Crippen molar-refractivity contribution < 1.29 is 9.53 Å². The van der Waals surface area contributed by atoms with Crippen molar-refractivity contribution in [3.8, 4) is 5.75 Å². The summed E-state index contributed by atoms with van der Waals surface area (Å²) in [6.07, 6.45) is 6.45. The minimum atomic E-state index is -0.317. The van der Waals surface area contributed by atoms with Crippen molar-refractivity contribution in [2.24, 2.45) is 0 Å². The predicted octanol–water partition coefficient (Wildman–Crippen LogP) is 3.13. The predicted molar refractivity (Wildman–Crippen MR) is 99.2 cm³/mol. The number of aromatic nitrogens is 3. The lowest BCUT2D eigenvalue weighted by Gasteiger charge is -2.08. The highest BCUT2D eigenvalue weighted by Crippen LogP contribution is 2.16. The number of ether oxygens (including phenoxy) is 1. The first kappa shape index (κ1) is 17.3. The van der Waals surface area contributed by atoms with Crippen LogP contribution >= 0.6 is 0 Å². The zero-order valence-electron chi connectivity index (χ0n) is 14.3. The molecule has 7 heteroatoms. The Labute approximate surface area is 151 Å². The lowest BCUT2D eigenvalue weighted by molar-refractivity contribution is 0.102. The summed E-state index contributed by atoms with van der Waals surface area (Å²) in [5.41, 5.74) is 1.99. The van der Waals surface area contributed by atoms with E-state index in [-0.39, 0.29) is 11.6 Å². The first-order valence-corrected chi connectivity index (χ1v) is 8.23. The van der Waals surface area contributed by atoms with E-state index in [1.165, 1.54) is 12.4 Å². The minimum absolute atomic E-state index is 0.244. The third-order valence-electron chi connectivity index (χ3n) is 3.53. The molecule has 0 saturated heterocycles. The molecule has 0 unspecified atom stereocenters. The molecule has 0 aliphatic carbocycles. The van der Waals surface area contributed by atoms with Crippen LogP contribution in [0, 0.1) is 0 Å². The summed E-state index contributed by atoms with van der Waals surface area (Å²) in [6.45, 7) is 3.13. The van der Waals surface area contributed by atoms with Gasteiger partial charge in [-0.2, -0.15) is 0 Å². The SMILES string of the molecule is CCOc1ccc(NC(=O)c2cnc(NCc3ccncc3)cn2)cc1. The fraction of sp³-hybridized carbons (Fsp3) is 0.158. The zero-order chi connectivity index (χ0) is 18.2. The van der Waals surface area contributed by atoms with E-state index in [0.29, 0.717) is 24.7 Å². The summed E-state index contributed by atoms with van der Waals surface area (Å²) in [4.78, 5) is 24.6. The zero-order valence-corrected chi connectivity index (χ0v) is 14.3. The molecule has 2 heterocycles. The number of nitrogens with one attached hydrogen (secondary N) is 2. The van der Waals surface area contributed by atoms with E-state index in [4.69, 9.17) is 4.74 Å². The molecule has 0 fully saturated rings. The highest BCUT2D eigenvalue weighted by Gasteiger charge is 2.08. The van der Waals surface area contributed by atoms with Crippen LogP contribution in [0.2, 0.25) is 0 Å². The van der Waals surface area contributed by atoms with Gasteiger partial charge in [0.05, 0.1) is 19.0 Å². The summed E-state index contributed by atoms with van der Waals surface area (Å²) in [6, 6.07) is 11.0. The van der Waals surface area contributed by atoms with Crippen LogP contribution < -0.4 is 15.4 Å². The molecule has 0 saturated carbocycles. The van der Waals surface area contributed by atoms with Gasteiger partial charge in [0.15, 0.2) is 0 Å². The van der Waals surface area contributed by atoms with Crippen molar-refractivity contribution >= 4 is 17.4 Å². The van der Waals surface area contributed by atoms with Gasteiger partial charge in [-0.05, 0) is 48.9 Å². The Morgan fingerprint density at radius 3 is 2.46 bits per heavy atom. The number of rotatable bonds is 7. The Bertz CT molecular complexity index is 836. The molecule has 3 rings (SSSR count). The van der Waals surface area contributed by atoms with E-state index >= 15 is 0 Å². The topological polar surface area (TPSA) is 89.0 Å². The minimum Gasteiger partial charge on any atom is -0.494 e. The van der Waals surface area contributed by atoms with E-state index in [1.54, 1.807) is 36.7 Å². The summed E-state index contributed by atoms with van der Waals surface area (Å²) in [5.74, 6) is 1.04. The van der Waals surface area contributed by atoms with Crippen LogP contribution in [-0.4, -0.2) is 27.5 Å². The van der Waals surface area contributed by atoms with Crippen molar-refractivity contribution in [1.29, 1.82) is 0 Å². The van der Waals surface area contributed by atoms with Crippen LogP contribution in [0.15, 0.2) is 61.2 Å². The van der Waals surface area contributed by atoms with Crippen LogP contribution in [-0.2, 0) is 6.54 Å². The molecule has 132 valence electrons. The average Bonchev–Trinajstić information content (AvgIpc) is 2.69. The summed E-state index contributed by atoms with van der Waals surface area (Å²) in [5, 5.41) is 5.93. The molecule has 0 radical (unpaired) electrons. The Morgan fingerprint density at radius 2 is 1.81 bits per heavy atom. The van der Waals surface area contributed by atoms with Gasteiger partial charge in [-0.3, -0.25) is 9.78 Å². The molecule has 0 aliphatic rings. The van der Waals surface area contributed by atoms with Crippen molar-refractivity contribution in [1.82, 2.24) is 15.0 Å². The van der Waals surface area contributed by atoms with Crippen LogP contribution in [0.5, 0.6) is 5.75 Å². The number of nitrogens with zero attached hydrogens (tertiary/aromatic N) is 3. The van der Waals surface area contributed by atoms with E-state index < -0.39 is 0 Å². The molecule has 1 amide bonds. The molecule has 7 nitrogen and oxygen atoms in total. The monoisotopic (exact) mass is 349 g/mol. The molecular weight excluding hydrogens is 330 g/mol. The molecular formula is C19H19N5O2. The fourth-order valence-corrected chi connectivity index (χ4v) is 2.23. The van der Waals surface area contributed by atoms with Gasteiger partial charge in [-0.25, -0.2) is 9.97 Å². The maximum Gasteiger partial charge on any atom is 0.275 e. The number of benzene rings is 1. The number of carbonyl (C=O) groups excluding carboxylic acids is 1. The summed E-state index contributed by atoms with van der Waals surface area (Å²) in [7, 11) is 0. The van der Waals surface area contributed by atoms with E-state index in [9.17, 15) is 4.79 Å². The van der Waals surface area contributed by atoms with Crippen LogP contribution in [0.1, 0.15) is 23.0 Å². The third kappa shape index (κ3) is 4.76. The number of carbonyl (C=O) groups is 1.